The van der Waals surface area contributed by atoms with Crippen LogP contribution in [0.3, 0.4) is 0 Å². The smallest absolute Gasteiger partial charge is 0.321 e. The summed E-state index contributed by atoms with van der Waals surface area (Å²) in [5.41, 5.74) is 0. The lowest BCUT2D eigenvalue weighted by Crippen LogP contribution is -2.08. The van der Waals surface area contributed by atoms with E-state index in [1.165, 1.54) is 0 Å². The zero-order chi connectivity index (χ0) is 10.7. The third-order valence-corrected chi connectivity index (χ3v) is 2.40. The van der Waals surface area contributed by atoms with E-state index in [-0.39, 0.29) is 0 Å². The maximum atomic E-state index is 5.28. The third-order valence-electron chi connectivity index (χ3n) is 2.40. The normalized spacial score (nSPS) is 21.1. The van der Waals surface area contributed by atoms with Crippen molar-refractivity contribution in [1.29, 1.82) is 0 Å². The highest BCUT2D eigenvalue weighted by molar-refractivity contribution is 5.19. The molecule has 1 aliphatic heterocycles. The Balaban J connectivity index is 1.91. The lowest BCUT2D eigenvalue weighted by Gasteiger charge is -2.02. The number of hydrogen-bond donors (Lipinski definition) is 1. The van der Waals surface area contributed by atoms with E-state index in [0.717, 1.165) is 25.4 Å². The molecule has 2 heterocycles. The van der Waals surface area contributed by atoms with Gasteiger partial charge in [0.25, 0.3) is 0 Å². The molecule has 1 saturated heterocycles. The number of nitrogens with one attached hydrogen (secondary N) is 1. The van der Waals surface area contributed by atoms with E-state index in [0.29, 0.717) is 24.5 Å². The Bertz CT molecular complexity index is 305. The van der Waals surface area contributed by atoms with Gasteiger partial charge < -0.3 is 14.6 Å². The van der Waals surface area contributed by atoms with Crippen LogP contribution in [0.5, 0.6) is 0 Å². The Labute approximate surface area is 89.2 Å². The molecule has 2 rings (SSSR count). The van der Waals surface area contributed by atoms with Crippen molar-refractivity contribution in [2.24, 2.45) is 5.92 Å². The number of rotatable bonds is 4. The van der Waals surface area contributed by atoms with Crippen LogP contribution in [-0.2, 0) is 4.74 Å². The summed E-state index contributed by atoms with van der Waals surface area (Å²) in [7, 11) is 0. The predicted molar refractivity (Wildman–Crippen MR) is 55.8 cm³/mol. The molecule has 0 radical (unpaired) electrons. The summed E-state index contributed by atoms with van der Waals surface area (Å²) in [5, 5.41) is 7.05. The first-order valence-electron chi connectivity index (χ1n) is 5.41. The monoisotopic (exact) mass is 211 g/mol. The van der Waals surface area contributed by atoms with Gasteiger partial charge in [-0.3, -0.25) is 0 Å². The Morgan fingerprint density at radius 1 is 1.53 bits per heavy atom. The number of anilines is 1. The lowest BCUT2D eigenvalue weighted by atomic mass is 10.1. The minimum absolute atomic E-state index is 0.309. The van der Waals surface area contributed by atoms with Gasteiger partial charge in [0.15, 0.2) is 5.82 Å². The third kappa shape index (κ3) is 2.68. The molecule has 15 heavy (non-hydrogen) atoms. The lowest BCUT2D eigenvalue weighted by molar-refractivity contribution is 0.192. The molecule has 0 aliphatic carbocycles. The van der Waals surface area contributed by atoms with Crippen LogP contribution in [0, 0.1) is 5.92 Å². The van der Waals surface area contributed by atoms with Crippen molar-refractivity contribution < 1.29 is 9.26 Å². The molecule has 0 spiro atoms. The van der Waals surface area contributed by atoms with Crippen molar-refractivity contribution in [1.82, 2.24) is 10.1 Å². The fourth-order valence-electron chi connectivity index (χ4n) is 1.50. The predicted octanol–water partition coefficient (Wildman–Crippen LogP) is 1.64. The molecular weight excluding hydrogens is 194 g/mol. The van der Waals surface area contributed by atoms with Crippen LogP contribution in [0.4, 0.5) is 6.01 Å². The first kappa shape index (κ1) is 10.4. The van der Waals surface area contributed by atoms with Gasteiger partial charge in [-0.25, -0.2) is 0 Å². The molecule has 1 N–H and O–H groups in total. The summed E-state index contributed by atoms with van der Waals surface area (Å²) in [4.78, 5) is 4.30. The number of hydrogen-bond acceptors (Lipinski definition) is 5. The van der Waals surface area contributed by atoms with Gasteiger partial charge in [0.2, 0.25) is 0 Å². The van der Waals surface area contributed by atoms with E-state index in [1.807, 2.05) is 0 Å². The summed E-state index contributed by atoms with van der Waals surface area (Å²) >= 11 is 0. The van der Waals surface area contributed by atoms with Gasteiger partial charge in [0, 0.05) is 19.1 Å². The molecule has 1 aliphatic rings. The highest BCUT2D eigenvalue weighted by atomic mass is 16.5. The van der Waals surface area contributed by atoms with E-state index in [4.69, 9.17) is 9.26 Å². The second kappa shape index (κ2) is 4.61. The van der Waals surface area contributed by atoms with Gasteiger partial charge in [-0.1, -0.05) is 19.0 Å². The van der Waals surface area contributed by atoms with E-state index in [1.54, 1.807) is 0 Å². The standard InChI is InChI=1S/C10H17N3O2/c1-7(2)5-11-10-12-9(13-15-10)8-3-4-14-6-8/h7-8H,3-6H2,1-2H3,(H,11,12,13). The van der Waals surface area contributed by atoms with E-state index in [9.17, 15) is 0 Å². The van der Waals surface area contributed by atoms with E-state index < -0.39 is 0 Å². The first-order valence-corrected chi connectivity index (χ1v) is 5.41. The van der Waals surface area contributed by atoms with Gasteiger partial charge in [0.05, 0.1) is 6.61 Å². The molecule has 0 saturated carbocycles. The fraction of sp³-hybridized carbons (Fsp3) is 0.800. The molecule has 1 atom stereocenters. The minimum atomic E-state index is 0.309. The highest BCUT2D eigenvalue weighted by Crippen LogP contribution is 2.23. The van der Waals surface area contributed by atoms with Gasteiger partial charge in [-0.05, 0) is 12.3 Å². The summed E-state index contributed by atoms with van der Waals surface area (Å²) in [5.74, 6) is 1.64. The van der Waals surface area contributed by atoms with Gasteiger partial charge in [-0.15, -0.1) is 0 Å². The van der Waals surface area contributed by atoms with Crippen LogP contribution < -0.4 is 5.32 Å². The zero-order valence-corrected chi connectivity index (χ0v) is 9.19. The number of nitrogens with zero attached hydrogens (tertiary/aromatic N) is 2. The zero-order valence-electron chi connectivity index (χ0n) is 9.19. The van der Waals surface area contributed by atoms with Crippen LogP contribution in [0.15, 0.2) is 4.52 Å². The summed E-state index contributed by atoms with van der Waals surface area (Å²) < 4.78 is 10.4. The van der Waals surface area contributed by atoms with Crippen molar-refractivity contribution in [2.45, 2.75) is 26.2 Å². The van der Waals surface area contributed by atoms with Crippen LogP contribution in [0.2, 0.25) is 0 Å². The van der Waals surface area contributed by atoms with E-state index in [2.05, 4.69) is 29.3 Å². The quantitative estimate of drug-likeness (QED) is 0.820. The van der Waals surface area contributed by atoms with Gasteiger partial charge in [-0.2, -0.15) is 4.98 Å². The molecule has 5 nitrogen and oxygen atoms in total. The Morgan fingerprint density at radius 2 is 2.40 bits per heavy atom. The van der Waals surface area contributed by atoms with Crippen LogP contribution in [0.25, 0.3) is 0 Å². The maximum absolute atomic E-state index is 5.28. The Hall–Kier alpha value is -1.10. The molecule has 1 fully saturated rings. The molecular formula is C10H17N3O2. The van der Waals surface area contributed by atoms with E-state index >= 15 is 0 Å². The molecule has 84 valence electrons. The van der Waals surface area contributed by atoms with Gasteiger partial charge >= 0.3 is 6.01 Å². The molecule has 0 aromatic carbocycles. The average Bonchev–Trinajstić information content (AvgIpc) is 2.85. The van der Waals surface area contributed by atoms with Crippen LogP contribution >= 0.6 is 0 Å². The highest BCUT2D eigenvalue weighted by Gasteiger charge is 2.22. The SMILES string of the molecule is CC(C)CNc1nc(C2CCOC2)no1. The topological polar surface area (TPSA) is 60.2 Å². The minimum Gasteiger partial charge on any atom is -0.381 e. The van der Waals surface area contributed by atoms with Gasteiger partial charge in [0.1, 0.15) is 0 Å². The molecule has 0 bridgehead atoms. The molecule has 0 amide bonds. The second-order valence-electron chi connectivity index (χ2n) is 4.29. The maximum Gasteiger partial charge on any atom is 0.321 e. The molecule has 5 heteroatoms. The second-order valence-corrected chi connectivity index (χ2v) is 4.29. The van der Waals surface area contributed by atoms with Crippen LogP contribution in [-0.4, -0.2) is 29.9 Å². The Kier molecular flexibility index (Phi) is 3.20. The average molecular weight is 211 g/mol. The summed E-state index contributed by atoms with van der Waals surface area (Å²) in [6.45, 7) is 6.63. The Morgan fingerprint density at radius 3 is 3.07 bits per heavy atom. The fourth-order valence-corrected chi connectivity index (χ4v) is 1.50. The van der Waals surface area contributed by atoms with Crippen LogP contribution in [0.1, 0.15) is 32.0 Å². The molecule has 1 unspecified atom stereocenters. The molecule has 1 aromatic rings. The van der Waals surface area contributed by atoms with Crippen molar-refractivity contribution in [3.8, 4) is 0 Å². The summed E-state index contributed by atoms with van der Waals surface area (Å²) in [6.07, 6.45) is 0.989. The molecule has 1 aromatic heterocycles. The number of ether oxygens (including phenoxy) is 1. The first-order chi connectivity index (χ1) is 7.25. The van der Waals surface area contributed by atoms with Crippen molar-refractivity contribution in [3.63, 3.8) is 0 Å². The van der Waals surface area contributed by atoms with Crippen molar-refractivity contribution >= 4 is 6.01 Å². The van der Waals surface area contributed by atoms with Crippen molar-refractivity contribution in [3.05, 3.63) is 5.82 Å². The summed E-state index contributed by atoms with van der Waals surface area (Å²) in [6, 6.07) is 0.519. The van der Waals surface area contributed by atoms with Crippen molar-refractivity contribution in [2.75, 3.05) is 25.1 Å². The largest absolute Gasteiger partial charge is 0.381 e. The number of aromatic nitrogens is 2.